The van der Waals surface area contributed by atoms with Crippen LogP contribution in [0.15, 0.2) is 47.8 Å². The first-order valence-corrected chi connectivity index (χ1v) is 14.7. The molecule has 3 atom stereocenters. The number of pyridine rings is 3. The monoisotopic (exact) mass is 553 g/mol. The summed E-state index contributed by atoms with van der Waals surface area (Å²) in [6.07, 6.45) is 7.04. The van der Waals surface area contributed by atoms with Gasteiger partial charge in [-0.2, -0.15) is 0 Å². The summed E-state index contributed by atoms with van der Waals surface area (Å²) >= 11 is 0. The molecule has 0 aliphatic heterocycles. The van der Waals surface area contributed by atoms with Gasteiger partial charge in [-0.1, -0.05) is 13.8 Å². The van der Waals surface area contributed by atoms with Crippen LogP contribution < -0.4 is 0 Å². The van der Waals surface area contributed by atoms with Crippen molar-refractivity contribution in [3.8, 4) is 22.8 Å². The molecule has 4 aromatic heterocycles. The van der Waals surface area contributed by atoms with Crippen molar-refractivity contribution in [2.75, 3.05) is 5.75 Å². The van der Waals surface area contributed by atoms with Crippen molar-refractivity contribution in [2.45, 2.75) is 48.0 Å². The van der Waals surface area contributed by atoms with Crippen LogP contribution in [-0.2, 0) is 22.5 Å². The van der Waals surface area contributed by atoms with Crippen LogP contribution in [0.25, 0.3) is 33.9 Å². The zero-order valence-electron chi connectivity index (χ0n) is 20.8. The quantitative estimate of drug-likeness (QED) is 0.247. The van der Waals surface area contributed by atoms with E-state index in [-0.39, 0.29) is 21.9 Å². The molecular formula is C25H27BFN5O2P2S. The van der Waals surface area contributed by atoms with Crippen LogP contribution in [0, 0.1) is 0 Å². The summed E-state index contributed by atoms with van der Waals surface area (Å²) in [5, 5.41) is 0. The normalized spacial score (nSPS) is 16.2. The van der Waals surface area contributed by atoms with E-state index in [1.807, 2.05) is 12.1 Å². The summed E-state index contributed by atoms with van der Waals surface area (Å²) in [5.74, 6) is 0.738. The molecule has 7 nitrogen and oxygen atoms in total. The lowest BCUT2D eigenvalue weighted by molar-refractivity contribution is 0.266. The van der Waals surface area contributed by atoms with Gasteiger partial charge in [0.05, 0.1) is 16.3 Å². The van der Waals surface area contributed by atoms with Gasteiger partial charge in [0, 0.05) is 41.7 Å². The molecule has 0 amide bonds. The Bertz CT molecular complexity index is 1630. The smallest absolute Gasteiger partial charge is 0.180 e. The van der Waals surface area contributed by atoms with Gasteiger partial charge in [-0.25, -0.2) is 22.8 Å². The standard InChI is InChI=1S/C25H27BFN5O2P2S/c1-4-37(33,34)20-10-16(18-9-15(7-8-28-18)14-5-6-14)12-29-21(20)23-31-19-11-17(13-30-22(19)32(23)3)25(26,27)24(2,35)36/h7-14H,4-6,35-36H2,1-3H3. The van der Waals surface area contributed by atoms with Crippen LogP contribution >= 0.6 is 18.5 Å². The minimum atomic E-state index is -3.68. The first-order chi connectivity index (χ1) is 17.3. The molecule has 2 radical (unpaired) electrons. The second kappa shape index (κ2) is 9.18. The zero-order valence-corrected chi connectivity index (χ0v) is 23.9. The van der Waals surface area contributed by atoms with Crippen molar-refractivity contribution in [3.63, 3.8) is 0 Å². The van der Waals surface area contributed by atoms with E-state index < -0.39 is 20.3 Å². The fourth-order valence-electron chi connectivity index (χ4n) is 4.22. The maximum Gasteiger partial charge on any atom is 0.180 e. The lowest BCUT2D eigenvalue weighted by Gasteiger charge is -2.35. The molecule has 0 saturated heterocycles. The van der Waals surface area contributed by atoms with Crippen LogP contribution in [0.3, 0.4) is 0 Å². The van der Waals surface area contributed by atoms with Crippen LogP contribution in [0.2, 0.25) is 0 Å². The van der Waals surface area contributed by atoms with E-state index in [9.17, 15) is 8.42 Å². The summed E-state index contributed by atoms with van der Waals surface area (Å²) in [5.41, 5.74) is 1.47. The fraction of sp³-hybridized carbons (Fsp3) is 0.360. The van der Waals surface area contributed by atoms with Gasteiger partial charge < -0.3 is 4.57 Å². The highest BCUT2D eigenvalue weighted by atomic mass is 32.2. The molecule has 1 saturated carbocycles. The van der Waals surface area contributed by atoms with E-state index in [0.717, 1.165) is 12.8 Å². The molecule has 0 aromatic carbocycles. The number of aromatic nitrogens is 5. The second-order valence-corrected chi connectivity index (χ2v) is 15.1. The summed E-state index contributed by atoms with van der Waals surface area (Å²) in [6.45, 7) is 3.23. The van der Waals surface area contributed by atoms with Gasteiger partial charge >= 0.3 is 0 Å². The maximum absolute atomic E-state index is 15.4. The highest BCUT2D eigenvalue weighted by Crippen LogP contribution is 2.46. The predicted molar refractivity (Wildman–Crippen MR) is 151 cm³/mol. The van der Waals surface area contributed by atoms with E-state index >= 15 is 4.39 Å². The topological polar surface area (TPSA) is 90.6 Å². The van der Waals surface area contributed by atoms with Gasteiger partial charge in [-0.15, -0.1) is 18.5 Å². The second-order valence-electron chi connectivity index (χ2n) is 9.78. The van der Waals surface area contributed by atoms with E-state index in [1.54, 1.807) is 43.9 Å². The molecule has 0 bridgehead atoms. The number of hydrogen-bond donors (Lipinski definition) is 0. The maximum atomic E-state index is 15.4. The van der Waals surface area contributed by atoms with Gasteiger partial charge in [0.2, 0.25) is 0 Å². The Morgan fingerprint density at radius 1 is 1.16 bits per heavy atom. The number of halogens is 1. The Balaban J connectivity index is 1.66. The Morgan fingerprint density at radius 2 is 1.89 bits per heavy atom. The summed E-state index contributed by atoms with van der Waals surface area (Å²) in [4.78, 5) is 17.1. The molecule has 4 aromatic rings. The number of rotatable bonds is 7. The third-order valence-corrected chi connectivity index (χ3v) is 9.40. The van der Waals surface area contributed by atoms with E-state index in [0.29, 0.717) is 34.2 Å². The first kappa shape index (κ1) is 26.3. The van der Waals surface area contributed by atoms with E-state index in [2.05, 4.69) is 38.4 Å². The average Bonchev–Trinajstić information content (AvgIpc) is 3.67. The van der Waals surface area contributed by atoms with Gasteiger partial charge in [-0.05, 0) is 48.6 Å². The molecule has 0 N–H and O–H groups in total. The molecule has 1 aliphatic rings. The lowest BCUT2D eigenvalue weighted by atomic mass is 9.75. The molecule has 0 spiro atoms. The average molecular weight is 553 g/mol. The molecule has 1 aliphatic carbocycles. The highest BCUT2D eigenvalue weighted by Gasteiger charge is 2.40. The molecular weight excluding hydrogens is 526 g/mol. The molecule has 5 rings (SSSR count). The van der Waals surface area contributed by atoms with Crippen molar-refractivity contribution in [1.29, 1.82) is 0 Å². The molecule has 190 valence electrons. The molecule has 4 heterocycles. The number of alkyl halides is 1. The number of nitrogens with zero attached hydrogens (tertiary/aromatic N) is 5. The largest absolute Gasteiger partial charge is 0.310 e. The van der Waals surface area contributed by atoms with E-state index in [4.69, 9.17) is 7.85 Å². The number of fused-ring (bicyclic) bond motifs is 1. The Hall–Kier alpha value is -2.28. The number of sulfone groups is 1. The van der Waals surface area contributed by atoms with Crippen LogP contribution in [0.1, 0.15) is 43.7 Å². The van der Waals surface area contributed by atoms with Crippen molar-refractivity contribution in [2.24, 2.45) is 7.05 Å². The first-order valence-electron chi connectivity index (χ1n) is 11.9. The molecule has 1 fully saturated rings. The minimum Gasteiger partial charge on any atom is -0.310 e. The molecule has 37 heavy (non-hydrogen) atoms. The van der Waals surface area contributed by atoms with Crippen molar-refractivity contribution in [1.82, 2.24) is 24.5 Å². The van der Waals surface area contributed by atoms with Gasteiger partial charge in [0.15, 0.2) is 21.3 Å². The Labute approximate surface area is 221 Å². The highest BCUT2D eigenvalue weighted by molar-refractivity contribution is 7.91. The number of hydrogen-bond acceptors (Lipinski definition) is 6. The predicted octanol–water partition coefficient (Wildman–Crippen LogP) is 4.52. The Kier molecular flexibility index (Phi) is 6.53. The number of aryl methyl sites for hydroxylation is 1. The summed E-state index contributed by atoms with van der Waals surface area (Å²) < 4.78 is 43.5. The van der Waals surface area contributed by atoms with Crippen LogP contribution in [0.4, 0.5) is 4.39 Å². The molecule has 3 unspecified atom stereocenters. The van der Waals surface area contributed by atoms with Gasteiger partial charge in [-0.3, -0.25) is 9.97 Å². The third kappa shape index (κ3) is 4.73. The third-order valence-electron chi connectivity index (χ3n) is 6.82. The number of imidazole rings is 1. The Morgan fingerprint density at radius 3 is 2.54 bits per heavy atom. The zero-order chi connectivity index (χ0) is 26.8. The van der Waals surface area contributed by atoms with Crippen LogP contribution in [0.5, 0.6) is 0 Å². The lowest BCUT2D eigenvalue weighted by Crippen LogP contribution is -2.37. The SMILES string of the molecule is [B]C(F)(c1cnc2c(c1)nc(-c1ncc(-c3cc(C4CC4)ccn3)cc1S(=O)(=O)CC)n2C)C(C)(P)P. The van der Waals surface area contributed by atoms with Crippen molar-refractivity contribution >= 4 is 47.3 Å². The van der Waals surface area contributed by atoms with E-state index in [1.165, 1.54) is 17.8 Å². The van der Waals surface area contributed by atoms with Crippen molar-refractivity contribution < 1.29 is 12.8 Å². The summed E-state index contributed by atoms with van der Waals surface area (Å²) in [7, 11) is 8.79. The van der Waals surface area contributed by atoms with Gasteiger partial charge in [0.25, 0.3) is 0 Å². The van der Waals surface area contributed by atoms with Crippen LogP contribution in [-0.4, -0.2) is 51.4 Å². The van der Waals surface area contributed by atoms with Crippen molar-refractivity contribution in [3.05, 3.63) is 54.0 Å². The summed E-state index contributed by atoms with van der Waals surface area (Å²) in [6, 6.07) is 7.14. The van der Waals surface area contributed by atoms with Gasteiger partial charge in [0.1, 0.15) is 24.6 Å². The fourth-order valence-corrected chi connectivity index (χ4v) is 5.61. The minimum absolute atomic E-state index is 0.0610. The molecule has 12 heteroatoms.